The topological polar surface area (TPSA) is 0 Å². The van der Waals surface area contributed by atoms with Crippen molar-refractivity contribution >= 4 is 22.4 Å². The second kappa shape index (κ2) is 2.80. The molecule has 0 aliphatic heterocycles. The van der Waals surface area contributed by atoms with Crippen LogP contribution in [-0.4, -0.2) is 0 Å². The molecule has 2 aromatic carbocycles. The highest BCUT2D eigenvalue weighted by Crippen LogP contribution is 2.21. The molecule has 0 aliphatic carbocycles. The number of fused-ring (bicyclic) bond motifs is 1. The lowest BCUT2D eigenvalue weighted by Gasteiger charge is -2.00. The van der Waals surface area contributed by atoms with E-state index in [-0.39, 0.29) is 0 Å². The number of benzene rings is 2. The number of aryl methyl sites for hydroxylation is 1. The van der Waals surface area contributed by atoms with Crippen molar-refractivity contribution in [3.63, 3.8) is 0 Å². The maximum atomic E-state index is 5.93. The highest BCUT2D eigenvalue weighted by molar-refractivity contribution is 6.31. The van der Waals surface area contributed by atoms with Gasteiger partial charge in [0.25, 0.3) is 0 Å². The number of hydrogen-bond donors (Lipinski definition) is 0. The average Bonchev–Trinajstić information content (AvgIpc) is 2.07. The zero-order valence-electron chi connectivity index (χ0n) is 6.76. The third kappa shape index (κ3) is 1.19. The third-order valence-electron chi connectivity index (χ3n) is 1.92. The lowest BCUT2D eigenvalue weighted by Crippen LogP contribution is -1.77. The van der Waals surface area contributed by atoms with Gasteiger partial charge in [0.2, 0.25) is 0 Å². The predicted molar refractivity (Wildman–Crippen MR) is 52.5 cm³/mol. The van der Waals surface area contributed by atoms with Gasteiger partial charge in [0.1, 0.15) is 0 Å². The standard InChI is InChI=1S/C11H8Cl/c1-8-6-9-4-2-3-5-10(9)7-11(8)12/h2-6H,1H3. The van der Waals surface area contributed by atoms with E-state index < -0.39 is 0 Å². The molecule has 2 aromatic rings. The van der Waals surface area contributed by atoms with Crippen LogP contribution in [0, 0.1) is 13.0 Å². The molecule has 1 radical (unpaired) electrons. The summed E-state index contributed by atoms with van der Waals surface area (Å²) in [5.74, 6) is 0. The summed E-state index contributed by atoms with van der Waals surface area (Å²) < 4.78 is 0. The number of hydrogen-bond acceptors (Lipinski definition) is 0. The van der Waals surface area contributed by atoms with Crippen LogP contribution in [0.3, 0.4) is 0 Å². The minimum Gasteiger partial charge on any atom is -0.0833 e. The molecule has 0 aromatic heterocycles. The Kier molecular flexibility index (Phi) is 1.78. The first kappa shape index (κ1) is 7.63. The Balaban J connectivity index is 2.84. The molecule has 0 N–H and O–H groups in total. The molecule has 0 nitrogen and oxygen atoms in total. The van der Waals surface area contributed by atoms with E-state index in [1.165, 1.54) is 5.39 Å². The first-order valence-corrected chi connectivity index (χ1v) is 4.22. The minimum atomic E-state index is 0.716. The van der Waals surface area contributed by atoms with E-state index in [9.17, 15) is 0 Å². The molecule has 0 unspecified atom stereocenters. The lowest BCUT2D eigenvalue weighted by atomic mass is 10.1. The molecular weight excluding hydrogens is 168 g/mol. The van der Waals surface area contributed by atoms with Gasteiger partial charge in [0, 0.05) is 6.07 Å². The van der Waals surface area contributed by atoms with Crippen molar-refractivity contribution in [1.29, 1.82) is 0 Å². The quantitative estimate of drug-likeness (QED) is 0.574. The first-order chi connectivity index (χ1) is 5.77. The maximum Gasteiger partial charge on any atom is 0.0520 e. The van der Waals surface area contributed by atoms with Crippen LogP contribution in [0.4, 0.5) is 0 Å². The SMILES string of the molecule is Cc1cc2ccccc2[c]c1Cl. The summed E-state index contributed by atoms with van der Waals surface area (Å²) in [7, 11) is 0. The fourth-order valence-electron chi connectivity index (χ4n) is 1.25. The molecule has 0 fully saturated rings. The van der Waals surface area contributed by atoms with Gasteiger partial charge in [-0.3, -0.25) is 0 Å². The van der Waals surface area contributed by atoms with Crippen LogP contribution in [0.1, 0.15) is 5.56 Å². The van der Waals surface area contributed by atoms with Crippen LogP contribution >= 0.6 is 11.6 Å². The van der Waals surface area contributed by atoms with Crippen molar-refractivity contribution in [3.05, 3.63) is 47.0 Å². The van der Waals surface area contributed by atoms with Gasteiger partial charge < -0.3 is 0 Å². The van der Waals surface area contributed by atoms with E-state index in [1.807, 2.05) is 25.1 Å². The largest absolute Gasteiger partial charge is 0.0833 e. The smallest absolute Gasteiger partial charge is 0.0520 e. The van der Waals surface area contributed by atoms with Crippen LogP contribution in [0.5, 0.6) is 0 Å². The molecule has 1 heteroatoms. The summed E-state index contributed by atoms with van der Waals surface area (Å²) in [5, 5.41) is 2.99. The van der Waals surface area contributed by atoms with Gasteiger partial charge >= 0.3 is 0 Å². The molecule has 59 valence electrons. The second-order valence-corrected chi connectivity index (χ2v) is 3.23. The van der Waals surface area contributed by atoms with Gasteiger partial charge in [-0.2, -0.15) is 0 Å². The van der Waals surface area contributed by atoms with Crippen LogP contribution in [0.2, 0.25) is 5.02 Å². The normalized spacial score (nSPS) is 10.5. The van der Waals surface area contributed by atoms with Crippen molar-refractivity contribution in [2.24, 2.45) is 0 Å². The molecule has 2 rings (SSSR count). The highest BCUT2D eigenvalue weighted by Gasteiger charge is 1.97. The van der Waals surface area contributed by atoms with Gasteiger partial charge in [0.15, 0.2) is 0 Å². The Morgan fingerprint density at radius 1 is 1.25 bits per heavy atom. The van der Waals surface area contributed by atoms with E-state index in [0.717, 1.165) is 10.9 Å². The molecule has 0 bridgehead atoms. The summed E-state index contributed by atoms with van der Waals surface area (Å²) in [6.07, 6.45) is 0. The van der Waals surface area contributed by atoms with Crippen LogP contribution in [0.25, 0.3) is 10.8 Å². The van der Waals surface area contributed by atoms with Crippen molar-refractivity contribution in [2.75, 3.05) is 0 Å². The molecule has 0 atom stereocenters. The third-order valence-corrected chi connectivity index (χ3v) is 2.32. The van der Waals surface area contributed by atoms with Gasteiger partial charge in [-0.1, -0.05) is 35.9 Å². The maximum absolute atomic E-state index is 5.93. The molecule has 0 amide bonds. The van der Waals surface area contributed by atoms with Crippen LogP contribution < -0.4 is 0 Å². The Morgan fingerprint density at radius 2 is 2.00 bits per heavy atom. The Hall–Kier alpha value is -1.01. The van der Waals surface area contributed by atoms with E-state index in [1.54, 1.807) is 0 Å². The van der Waals surface area contributed by atoms with Gasteiger partial charge in [-0.15, -0.1) is 0 Å². The molecule has 0 heterocycles. The van der Waals surface area contributed by atoms with E-state index in [2.05, 4.69) is 18.2 Å². The van der Waals surface area contributed by atoms with Crippen LogP contribution in [0.15, 0.2) is 30.3 Å². The number of halogens is 1. The monoisotopic (exact) mass is 175 g/mol. The molecule has 0 spiro atoms. The van der Waals surface area contributed by atoms with Crippen molar-refractivity contribution in [1.82, 2.24) is 0 Å². The van der Waals surface area contributed by atoms with Crippen molar-refractivity contribution in [3.8, 4) is 0 Å². The van der Waals surface area contributed by atoms with E-state index >= 15 is 0 Å². The zero-order chi connectivity index (χ0) is 8.55. The average molecular weight is 176 g/mol. The summed E-state index contributed by atoms with van der Waals surface area (Å²) in [5.41, 5.74) is 1.08. The van der Waals surface area contributed by atoms with E-state index in [4.69, 9.17) is 11.6 Å². The summed E-state index contributed by atoms with van der Waals surface area (Å²) >= 11 is 5.93. The highest BCUT2D eigenvalue weighted by atomic mass is 35.5. The molecule has 0 aliphatic rings. The van der Waals surface area contributed by atoms with Crippen molar-refractivity contribution < 1.29 is 0 Å². The summed E-state index contributed by atoms with van der Waals surface area (Å²) in [6.45, 7) is 1.99. The van der Waals surface area contributed by atoms with Crippen LogP contribution in [-0.2, 0) is 0 Å². The fraction of sp³-hybridized carbons (Fsp3) is 0.0909. The second-order valence-electron chi connectivity index (χ2n) is 2.85. The van der Waals surface area contributed by atoms with Gasteiger partial charge in [0.05, 0.1) is 5.02 Å². The molecule has 12 heavy (non-hydrogen) atoms. The molecule has 0 saturated carbocycles. The predicted octanol–water partition coefficient (Wildman–Crippen LogP) is 3.60. The Labute approximate surface area is 76.8 Å². The Morgan fingerprint density at radius 3 is 2.83 bits per heavy atom. The molecule has 0 saturated heterocycles. The summed E-state index contributed by atoms with van der Waals surface area (Å²) in [4.78, 5) is 0. The van der Waals surface area contributed by atoms with E-state index in [0.29, 0.717) is 5.02 Å². The van der Waals surface area contributed by atoms with Gasteiger partial charge in [-0.25, -0.2) is 0 Å². The number of rotatable bonds is 0. The fourth-order valence-corrected chi connectivity index (χ4v) is 1.41. The minimum absolute atomic E-state index is 0.716. The van der Waals surface area contributed by atoms with Gasteiger partial charge in [-0.05, 0) is 29.3 Å². The first-order valence-electron chi connectivity index (χ1n) is 3.84. The molecular formula is C11H8Cl. The lowest BCUT2D eigenvalue weighted by molar-refractivity contribution is 1.50. The Bertz CT molecular complexity index is 378. The summed E-state index contributed by atoms with van der Waals surface area (Å²) in [6, 6.07) is 13.3. The zero-order valence-corrected chi connectivity index (χ0v) is 7.52. The van der Waals surface area contributed by atoms with Crippen molar-refractivity contribution in [2.45, 2.75) is 6.92 Å².